The van der Waals surface area contributed by atoms with Crippen molar-refractivity contribution in [3.05, 3.63) is 49.9 Å². The Balaban J connectivity index is 2.16. The van der Waals surface area contributed by atoms with Crippen LogP contribution in [0.25, 0.3) is 0 Å². The number of benzene rings is 1. The first-order chi connectivity index (χ1) is 8.04. The van der Waals surface area contributed by atoms with Gasteiger partial charge in [-0.1, -0.05) is 23.2 Å². The molecule has 0 aliphatic rings. The zero-order valence-electron chi connectivity index (χ0n) is 9.28. The highest BCUT2D eigenvalue weighted by atomic mass is 35.5. The highest BCUT2D eigenvalue weighted by Gasteiger charge is 2.11. The summed E-state index contributed by atoms with van der Waals surface area (Å²) in [5.74, 6) is 0. The van der Waals surface area contributed by atoms with Crippen molar-refractivity contribution < 1.29 is 0 Å². The summed E-state index contributed by atoms with van der Waals surface area (Å²) >= 11 is 13.5. The second-order valence-electron chi connectivity index (χ2n) is 3.90. The molecule has 0 saturated heterocycles. The van der Waals surface area contributed by atoms with E-state index >= 15 is 0 Å². The highest BCUT2D eigenvalue weighted by molar-refractivity contribution is 7.09. The molecule has 0 aliphatic carbocycles. The first kappa shape index (κ1) is 12.8. The first-order valence-electron chi connectivity index (χ1n) is 5.17. The maximum atomic E-state index is 6.12. The Labute approximate surface area is 114 Å². The lowest BCUT2D eigenvalue weighted by Gasteiger charge is -2.11. The van der Waals surface area contributed by atoms with Crippen LogP contribution in [0.1, 0.15) is 22.3 Å². The van der Waals surface area contributed by atoms with E-state index in [-0.39, 0.29) is 6.04 Å². The van der Waals surface area contributed by atoms with Crippen LogP contribution in [0.5, 0.6) is 0 Å². The lowest BCUT2D eigenvalue weighted by Crippen LogP contribution is -2.13. The van der Waals surface area contributed by atoms with Gasteiger partial charge in [0.15, 0.2) is 0 Å². The van der Waals surface area contributed by atoms with Crippen molar-refractivity contribution in [3.8, 4) is 0 Å². The molecule has 0 fully saturated rings. The molecule has 2 aromatic rings. The molecule has 5 heteroatoms. The van der Waals surface area contributed by atoms with Crippen molar-refractivity contribution in [1.29, 1.82) is 0 Å². The Morgan fingerprint density at radius 3 is 2.47 bits per heavy atom. The number of halogens is 2. The van der Waals surface area contributed by atoms with E-state index in [2.05, 4.69) is 4.98 Å². The number of rotatable bonds is 3. The minimum atomic E-state index is -0.128. The summed E-state index contributed by atoms with van der Waals surface area (Å²) in [5, 5.41) is 4.27. The van der Waals surface area contributed by atoms with Gasteiger partial charge >= 0.3 is 0 Å². The summed E-state index contributed by atoms with van der Waals surface area (Å²) in [7, 11) is 0. The van der Waals surface area contributed by atoms with E-state index in [1.807, 2.05) is 24.4 Å². The van der Waals surface area contributed by atoms with Crippen LogP contribution < -0.4 is 5.73 Å². The first-order valence-corrected chi connectivity index (χ1v) is 6.81. The van der Waals surface area contributed by atoms with Gasteiger partial charge in [-0.15, -0.1) is 11.3 Å². The fourth-order valence-corrected chi connectivity index (χ4v) is 2.97. The Bertz CT molecular complexity index is 505. The number of nitrogens with two attached hydrogens (primary N) is 1. The standard InChI is InChI=1S/C12H12Cl2N2S/c1-7-6-17-12(16-7)5-11(15)8-2-9(13)4-10(14)3-8/h2-4,6,11H,5,15H2,1H3. The van der Waals surface area contributed by atoms with E-state index in [1.54, 1.807) is 17.4 Å². The molecule has 0 saturated carbocycles. The fraction of sp³-hybridized carbons (Fsp3) is 0.250. The second kappa shape index (κ2) is 5.36. The predicted molar refractivity (Wildman–Crippen MR) is 73.9 cm³/mol. The predicted octanol–water partition coefficient (Wildman–Crippen LogP) is 4.00. The van der Waals surface area contributed by atoms with E-state index in [9.17, 15) is 0 Å². The smallest absolute Gasteiger partial charge is 0.0947 e. The number of nitrogens with zero attached hydrogens (tertiary/aromatic N) is 1. The van der Waals surface area contributed by atoms with Crippen LogP contribution in [0, 0.1) is 6.92 Å². The van der Waals surface area contributed by atoms with E-state index < -0.39 is 0 Å². The normalized spacial score (nSPS) is 12.7. The average molecular weight is 287 g/mol. The summed E-state index contributed by atoms with van der Waals surface area (Å²) < 4.78 is 0. The van der Waals surface area contributed by atoms with Crippen molar-refractivity contribution >= 4 is 34.5 Å². The minimum Gasteiger partial charge on any atom is -0.324 e. The van der Waals surface area contributed by atoms with E-state index in [1.165, 1.54) is 0 Å². The van der Waals surface area contributed by atoms with Gasteiger partial charge in [-0.25, -0.2) is 4.98 Å². The van der Waals surface area contributed by atoms with Gasteiger partial charge in [0.05, 0.1) is 5.01 Å². The maximum absolute atomic E-state index is 6.12. The zero-order valence-corrected chi connectivity index (χ0v) is 11.6. The summed E-state index contributed by atoms with van der Waals surface area (Å²) in [6, 6.07) is 5.26. The molecule has 2 nitrogen and oxygen atoms in total. The van der Waals surface area contributed by atoms with Gasteiger partial charge in [0.2, 0.25) is 0 Å². The van der Waals surface area contributed by atoms with Crippen LogP contribution in [0.15, 0.2) is 23.6 Å². The van der Waals surface area contributed by atoms with Crippen LogP contribution in [0.4, 0.5) is 0 Å². The fourth-order valence-electron chi connectivity index (χ4n) is 1.59. The van der Waals surface area contributed by atoms with Gasteiger partial charge in [0.1, 0.15) is 0 Å². The average Bonchev–Trinajstić information content (AvgIpc) is 2.62. The van der Waals surface area contributed by atoms with Gasteiger partial charge in [0, 0.05) is 33.6 Å². The molecule has 1 unspecified atom stereocenters. The molecule has 1 heterocycles. The van der Waals surface area contributed by atoms with Crippen LogP contribution >= 0.6 is 34.5 Å². The monoisotopic (exact) mass is 286 g/mol. The SMILES string of the molecule is Cc1csc(CC(N)c2cc(Cl)cc(Cl)c2)n1. The summed E-state index contributed by atoms with van der Waals surface area (Å²) in [4.78, 5) is 4.39. The van der Waals surface area contributed by atoms with Crippen molar-refractivity contribution in [1.82, 2.24) is 4.98 Å². The Hall–Kier alpha value is -0.610. The van der Waals surface area contributed by atoms with E-state index in [4.69, 9.17) is 28.9 Å². The van der Waals surface area contributed by atoms with Crippen molar-refractivity contribution in [2.75, 3.05) is 0 Å². The van der Waals surface area contributed by atoms with Crippen molar-refractivity contribution in [2.24, 2.45) is 5.73 Å². The quantitative estimate of drug-likeness (QED) is 0.926. The van der Waals surface area contributed by atoms with Gasteiger partial charge in [-0.05, 0) is 30.7 Å². The molecule has 0 amide bonds. The maximum Gasteiger partial charge on any atom is 0.0947 e. The largest absolute Gasteiger partial charge is 0.324 e. The lowest BCUT2D eigenvalue weighted by molar-refractivity contribution is 0.717. The van der Waals surface area contributed by atoms with Gasteiger partial charge in [0.25, 0.3) is 0 Å². The summed E-state index contributed by atoms with van der Waals surface area (Å²) in [5.41, 5.74) is 8.09. The van der Waals surface area contributed by atoms with Crippen molar-refractivity contribution in [3.63, 3.8) is 0 Å². The minimum absolute atomic E-state index is 0.128. The van der Waals surface area contributed by atoms with E-state index in [0.717, 1.165) is 16.3 Å². The molecule has 0 radical (unpaired) electrons. The molecule has 1 aromatic heterocycles. The van der Waals surface area contributed by atoms with E-state index in [0.29, 0.717) is 16.5 Å². The molecule has 2 N–H and O–H groups in total. The number of hydrogen-bond acceptors (Lipinski definition) is 3. The lowest BCUT2D eigenvalue weighted by atomic mass is 10.1. The molecular formula is C12H12Cl2N2S. The summed E-state index contributed by atoms with van der Waals surface area (Å²) in [6.07, 6.45) is 0.704. The second-order valence-corrected chi connectivity index (χ2v) is 5.71. The topological polar surface area (TPSA) is 38.9 Å². The van der Waals surface area contributed by atoms with Crippen LogP contribution in [0.3, 0.4) is 0 Å². The number of aryl methyl sites for hydroxylation is 1. The van der Waals surface area contributed by atoms with Crippen LogP contribution in [-0.4, -0.2) is 4.98 Å². The Morgan fingerprint density at radius 1 is 1.29 bits per heavy atom. The molecule has 1 atom stereocenters. The van der Waals surface area contributed by atoms with Crippen LogP contribution in [0.2, 0.25) is 10.0 Å². The van der Waals surface area contributed by atoms with Gasteiger partial charge in [-0.3, -0.25) is 0 Å². The van der Waals surface area contributed by atoms with Crippen molar-refractivity contribution in [2.45, 2.75) is 19.4 Å². The molecular weight excluding hydrogens is 275 g/mol. The van der Waals surface area contributed by atoms with Gasteiger partial charge in [-0.2, -0.15) is 0 Å². The molecule has 17 heavy (non-hydrogen) atoms. The van der Waals surface area contributed by atoms with Crippen LogP contribution in [-0.2, 0) is 6.42 Å². The zero-order chi connectivity index (χ0) is 12.4. The third kappa shape index (κ3) is 3.42. The number of thiazole rings is 1. The highest BCUT2D eigenvalue weighted by Crippen LogP contribution is 2.25. The molecule has 1 aromatic carbocycles. The Morgan fingerprint density at radius 2 is 1.94 bits per heavy atom. The molecule has 0 bridgehead atoms. The molecule has 0 aliphatic heterocycles. The molecule has 90 valence electrons. The number of hydrogen-bond donors (Lipinski definition) is 1. The molecule has 2 rings (SSSR count). The number of aromatic nitrogens is 1. The third-order valence-corrected chi connectivity index (χ3v) is 3.80. The summed E-state index contributed by atoms with van der Waals surface area (Å²) in [6.45, 7) is 1.97. The Kier molecular flexibility index (Phi) is 4.05. The van der Waals surface area contributed by atoms with Gasteiger partial charge < -0.3 is 5.73 Å². The molecule has 0 spiro atoms. The third-order valence-electron chi connectivity index (χ3n) is 2.37.